The van der Waals surface area contributed by atoms with Gasteiger partial charge in [0.15, 0.2) is 8.07 Å². The van der Waals surface area contributed by atoms with E-state index in [1.165, 1.54) is 0 Å². The van der Waals surface area contributed by atoms with E-state index in [-0.39, 0.29) is 0 Å². The number of rotatable bonds is 7. The summed E-state index contributed by atoms with van der Waals surface area (Å²) in [6.07, 6.45) is -4.81. The van der Waals surface area contributed by atoms with Crippen molar-refractivity contribution in [1.82, 2.24) is 0 Å². The Morgan fingerprint density at radius 1 is 0.741 bits per heavy atom. The van der Waals surface area contributed by atoms with E-state index in [0.717, 1.165) is 10.4 Å². The van der Waals surface area contributed by atoms with E-state index in [1.807, 2.05) is 81.4 Å². The van der Waals surface area contributed by atoms with Crippen LogP contribution >= 0.6 is 0 Å². The number of hydrogen-bond acceptors (Lipinski definition) is 5. The molecule has 2 aromatic carbocycles. The van der Waals surface area contributed by atoms with E-state index in [4.69, 9.17) is 5.11 Å². The zero-order valence-corrected chi connectivity index (χ0v) is 17.0. The van der Waals surface area contributed by atoms with Gasteiger partial charge in [-0.2, -0.15) is 0 Å². The monoisotopic (exact) mass is 390 g/mol. The first-order valence-electron chi connectivity index (χ1n) is 9.12. The first-order chi connectivity index (χ1) is 12.7. The van der Waals surface area contributed by atoms with Crippen LogP contribution in [0.15, 0.2) is 60.7 Å². The van der Waals surface area contributed by atoms with Crippen molar-refractivity contribution in [3.8, 4) is 0 Å². The first-order valence-corrected chi connectivity index (χ1v) is 11.2. The van der Waals surface area contributed by atoms with Crippen LogP contribution < -0.4 is 10.4 Å². The van der Waals surface area contributed by atoms with Crippen LogP contribution in [-0.4, -0.2) is 64.3 Å². The molecule has 4 atom stereocenters. The molecule has 2 aromatic rings. The molecule has 0 saturated heterocycles. The second kappa shape index (κ2) is 8.64. The Kier molecular flexibility index (Phi) is 6.96. The fraction of sp³-hybridized carbons (Fsp3) is 0.429. The Morgan fingerprint density at radius 3 is 1.48 bits per heavy atom. The summed E-state index contributed by atoms with van der Waals surface area (Å²) >= 11 is 0. The predicted molar refractivity (Wildman–Crippen MR) is 109 cm³/mol. The third-order valence-electron chi connectivity index (χ3n) is 5.34. The third kappa shape index (κ3) is 4.01. The van der Waals surface area contributed by atoms with E-state index < -0.39 is 43.8 Å². The Labute approximate surface area is 161 Å². The average Bonchev–Trinajstić information content (AvgIpc) is 2.67. The van der Waals surface area contributed by atoms with Gasteiger partial charge in [0, 0.05) is 0 Å². The van der Waals surface area contributed by atoms with E-state index in [9.17, 15) is 20.4 Å². The van der Waals surface area contributed by atoms with Gasteiger partial charge in [-0.25, -0.2) is 0 Å². The second-order valence-electron chi connectivity index (χ2n) is 7.97. The molecule has 2 rings (SSSR count). The fourth-order valence-electron chi connectivity index (χ4n) is 4.00. The maximum atomic E-state index is 11.4. The number of aliphatic hydroxyl groups excluding tert-OH is 5. The van der Waals surface area contributed by atoms with Crippen LogP contribution in [0.1, 0.15) is 20.8 Å². The summed E-state index contributed by atoms with van der Waals surface area (Å²) in [5, 5.41) is 52.8. The zero-order chi connectivity index (χ0) is 20.2. The molecule has 0 saturated carbocycles. The minimum atomic E-state index is -3.08. The highest BCUT2D eigenvalue weighted by Crippen LogP contribution is 2.39. The summed E-state index contributed by atoms with van der Waals surface area (Å²) in [6, 6.07) is 19.1. The number of hydrogen-bond donors (Lipinski definition) is 5. The van der Waals surface area contributed by atoms with Crippen LogP contribution in [0.25, 0.3) is 0 Å². The quantitative estimate of drug-likeness (QED) is 0.429. The smallest absolute Gasteiger partial charge is 0.157 e. The van der Waals surface area contributed by atoms with Crippen molar-refractivity contribution in [3.63, 3.8) is 0 Å². The van der Waals surface area contributed by atoms with Crippen molar-refractivity contribution in [1.29, 1.82) is 0 Å². The van der Waals surface area contributed by atoms with Crippen LogP contribution in [-0.2, 0) is 0 Å². The van der Waals surface area contributed by atoms with Gasteiger partial charge in [0.25, 0.3) is 0 Å². The molecule has 0 bridgehead atoms. The molecule has 0 amide bonds. The van der Waals surface area contributed by atoms with Gasteiger partial charge < -0.3 is 25.5 Å². The third-order valence-corrected chi connectivity index (χ3v) is 11.4. The molecule has 5 N–H and O–H groups in total. The minimum absolute atomic E-state index is 0.431. The van der Waals surface area contributed by atoms with Crippen LogP contribution in [0.5, 0.6) is 0 Å². The van der Waals surface area contributed by atoms with Gasteiger partial charge in [0.05, 0.1) is 12.3 Å². The largest absolute Gasteiger partial charge is 0.394 e. The van der Waals surface area contributed by atoms with Crippen LogP contribution in [0.4, 0.5) is 0 Å². The lowest BCUT2D eigenvalue weighted by molar-refractivity contribution is -0.100. The zero-order valence-electron chi connectivity index (χ0n) is 16.0. The van der Waals surface area contributed by atoms with Crippen molar-refractivity contribution < 1.29 is 25.5 Å². The van der Waals surface area contributed by atoms with Gasteiger partial charge in [0.1, 0.15) is 18.3 Å². The van der Waals surface area contributed by atoms with Crippen molar-refractivity contribution in [2.45, 2.75) is 49.8 Å². The summed E-state index contributed by atoms with van der Waals surface area (Å²) in [4.78, 5) is 0. The molecule has 0 aliphatic heterocycles. The molecular formula is C21H30O5Si. The molecule has 148 valence electrons. The Hall–Kier alpha value is -1.54. The van der Waals surface area contributed by atoms with E-state index in [0.29, 0.717) is 0 Å². The van der Waals surface area contributed by atoms with Crippen LogP contribution in [0.3, 0.4) is 0 Å². The summed E-state index contributed by atoms with van der Waals surface area (Å²) in [5.41, 5.74) is -1.31. The molecule has 5 nitrogen and oxygen atoms in total. The SMILES string of the molecule is CC(C)(C)[Si](c1ccccc1)(c1ccccc1)C(O)[C@@H](O)[C@H](O)[C@@H](O)CO. The molecule has 0 aliphatic rings. The fourth-order valence-corrected chi connectivity index (χ4v) is 9.78. The molecule has 0 radical (unpaired) electrons. The summed E-state index contributed by atoms with van der Waals surface area (Å²) in [5.74, 6) is 0. The number of benzene rings is 2. The van der Waals surface area contributed by atoms with Gasteiger partial charge >= 0.3 is 0 Å². The van der Waals surface area contributed by atoms with E-state index >= 15 is 0 Å². The number of aliphatic hydroxyl groups is 5. The lowest BCUT2D eigenvalue weighted by atomic mass is 10.1. The highest BCUT2D eigenvalue weighted by molar-refractivity contribution is 7.05. The second-order valence-corrected chi connectivity index (χ2v) is 12.8. The molecular weight excluding hydrogens is 360 g/mol. The Bertz CT molecular complexity index is 662. The van der Waals surface area contributed by atoms with E-state index in [1.54, 1.807) is 0 Å². The Morgan fingerprint density at radius 2 is 1.15 bits per heavy atom. The van der Waals surface area contributed by atoms with Gasteiger partial charge in [0.2, 0.25) is 0 Å². The Balaban J connectivity index is 2.72. The maximum Gasteiger partial charge on any atom is 0.157 e. The molecule has 6 heteroatoms. The lowest BCUT2D eigenvalue weighted by Crippen LogP contribution is -2.75. The topological polar surface area (TPSA) is 101 Å². The van der Waals surface area contributed by atoms with Crippen molar-refractivity contribution >= 4 is 18.4 Å². The molecule has 0 aliphatic carbocycles. The summed E-state index contributed by atoms with van der Waals surface area (Å²) in [7, 11) is -3.08. The molecule has 27 heavy (non-hydrogen) atoms. The molecule has 0 aromatic heterocycles. The standard InChI is InChI=1S/C21H30O5Si/c1-21(2,3)27(15-10-6-4-7-11-15,16-12-8-5-9-13-16)20(26)19(25)18(24)17(23)14-22/h4-13,17-20,22-26H,14H2,1-3H3/t17-,18+,19-,20?/m0/s1. The van der Waals surface area contributed by atoms with E-state index in [2.05, 4.69) is 0 Å². The highest BCUT2D eigenvalue weighted by atomic mass is 28.3. The first kappa shape index (κ1) is 21.8. The highest BCUT2D eigenvalue weighted by Gasteiger charge is 2.56. The molecule has 1 unspecified atom stereocenters. The van der Waals surface area contributed by atoms with Crippen LogP contribution in [0, 0.1) is 0 Å². The minimum Gasteiger partial charge on any atom is -0.394 e. The normalized spacial score (nSPS) is 17.2. The van der Waals surface area contributed by atoms with Gasteiger partial charge in [-0.1, -0.05) is 91.8 Å². The maximum absolute atomic E-state index is 11.4. The summed E-state index contributed by atoms with van der Waals surface area (Å²) < 4.78 is 0. The van der Waals surface area contributed by atoms with Crippen molar-refractivity contribution in [2.24, 2.45) is 0 Å². The lowest BCUT2D eigenvalue weighted by Gasteiger charge is -2.49. The van der Waals surface area contributed by atoms with Gasteiger partial charge in [-0.05, 0) is 5.04 Å². The van der Waals surface area contributed by atoms with Gasteiger partial charge in [-0.3, -0.25) is 0 Å². The van der Waals surface area contributed by atoms with Crippen LogP contribution in [0.2, 0.25) is 5.04 Å². The molecule has 0 fully saturated rings. The van der Waals surface area contributed by atoms with Crippen molar-refractivity contribution in [2.75, 3.05) is 6.61 Å². The molecule has 0 heterocycles. The average molecular weight is 391 g/mol. The predicted octanol–water partition coefficient (Wildman–Crippen LogP) is 0.0248. The van der Waals surface area contributed by atoms with Gasteiger partial charge in [-0.15, -0.1) is 0 Å². The van der Waals surface area contributed by atoms with Crippen molar-refractivity contribution in [3.05, 3.63) is 60.7 Å². The molecule has 0 spiro atoms. The summed E-state index contributed by atoms with van der Waals surface area (Å²) in [6.45, 7) is 5.35.